The quantitative estimate of drug-likeness (QED) is 0.650. The first-order valence-electron chi connectivity index (χ1n) is 4.88. The summed E-state index contributed by atoms with van der Waals surface area (Å²) in [5.41, 5.74) is 1.30. The molecular weight excluding hydrogens is 166 g/mol. The minimum atomic E-state index is -0.734. The molecule has 0 bridgehead atoms. The van der Waals surface area contributed by atoms with Crippen LogP contribution in [-0.4, -0.2) is 23.7 Å². The van der Waals surface area contributed by atoms with Crippen molar-refractivity contribution in [3.05, 3.63) is 11.6 Å². The predicted molar refractivity (Wildman–Crippen MR) is 51.7 cm³/mol. The van der Waals surface area contributed by atoms with Gasteiger partial charge in [-0.05, 0) is 19.3 Å². The van der Waals surface area contributed by atoms with Gasteiger partial charge in [0.25, 0.3) is 0 Å². The van der Waals surface area contributed by atoms with E-state index in [0.717, 1.165) is 12.8 Å². The summed E-state index contributed by atoms with van der Waals surface area (Å²) in [4.78, 5) is 10.7. The molecule has 0 aromatic heterocycles. The maximum absolute atomic E-state index is 10.7. The zero-order chi connectivity index (χ0) is 9.68. The number of hydrogen-bond donors (Lipinski definition) is 2. The van der Waals surface area contributed by atoms with E-state index in [4.69, 9.17) is 5.11 Å². The molecule has 3 heteroatoms. The Balaban J connectivity index is 2.40. The zero-order valence-corrected chi connectivity index (χ0v) is 8.05. The molecule has 0 fully saturated rings. The average molecular weight is 183 g/mol. The number of aliphatic carboxylic acids is 1. The lowest BCUT2D eigenvalue weighted by atomic mass is 9.98. The lowest BCUT2D eigenvalue weighted by Crippen LogP contribution is -2.39. The lowest BCUT2D eigenvalue weighted by Gasteiger charge is -2.20. The first-order valence-corrected chi connectivity index (χ1v) is 4.88. The number of unbranched alkanes of at least 4 members (excludes halogenated alkanes) is 1. The smallest absolute Gasteiger partial charge is 0.321 e. The van der Waals surface area contributed by atoms with Gasteiger partial charge in [-0.2, -0.15) is 0 Å². The molecule has 0 spiro atoms. The summed E-state index contributed by atoms with van der Waals surface area (Å²) < 4.78 is 0. The van der Waals surface area contributed by atoms with Crippen molar-refractivity contribution in [3.63, 3.8) is 0 Å². The Kier molecular flexibility index (Phi) is 3.96. The maximum Gasteiger partial charge on any atom is 0.321 e. The number of carbonyl (C=O) groups is 1. The second-order valence-corrected chi connectivity index (χ2v) is 3.47. The summed E-state index contributed by atoms with van der Waals surface area (Å²) >= 11 is 0. The Morgan fingerprint density at radius 2 is 2.54 bits per heavy atom. The van der Waals surface area contributed by atoms with Crippen LogP contribution in [0.1, 0.15) is 32.6 Å². The van der Waals surface area contributed by atoms with Crippen LogP contribution in [-0.2, 0) is 4.79 Å². The Morgan fingerprint density at radius 3 is 3.15 bits per heavy atom. The third-order valence-electron chi connectivity index (χ3n) is 2.37. The molecule has 1 atom stereocenters. The molecule has 0 saturated heterocycles. The Bertz CT molecular complexity index is 211. The zero-order valence-electron chi connectivity index (χ0n) is 8.05. The van der Waals surface area contributed by atoms with Crippen molar-refractivity contribution in [1.82, 2.24) is 5.32 Å². The van der Waals surface area contributed by atoms with Crippen molar-refractivity contribution in [2.45, 2.75) is 38.6 Å². The number of carboxylic acid groups (broad SMARTS) is 1. The molecular formula is C10H17NO2. The topological polar surface area (TPSA) is 49.3 Å². The van der Waals surface area contributed by atoms with Gasteiger partial charge in [0.15, 0.2) is 0 Å². The van der Waals surface area contributed by atoms with E-state index in [1.54, 1.807) is 0 Å². The van der Waals surface area contributed by atoms with E-state index in [1.165, 1.54) is 12.0 Å². The molecule has 0 radical (unpaired) electrons. The van der Waals surface area contributed by atoms with E-state index in [-0.39, 0.29) is 6.04 Å². The predicted octanol–water partition coefficient (Wildman–Crippen LogP) is 1.55. The highest BCUT2D eigenvalue weighted by Crippen LogP contribution is 2.16. The normalized spacial score (nSPS) is 22.5. The van der Waals surface area contributed by atoms with Gasteiger partial charge in [0.05, 0.1) is 0 Å². The minimum Gasteiger partial charge on any atom is -0.480 e. The van der Waals surface area contributed by atoms with Crippen LogP contribution >= 0.6 is 0 Å². The first kappa shape index (κ1) is 10.3. The number of nitrogens with one attached hydrogen (secondary N) is 1. The highest BCUT2D eigenvalue weighted by atomic mass is 16.4. The summed E-state index contributed by atoms with van der Waals surface area (Å²) in [5.74, 6) is -0.734. The van der Waals surface area contributed by atoms with Crippen LogP contribution < -0.4 is 5.32 Å². The summed E-state index contributed by atoms with van der Waals surface area (Å²) in [6, 6.07) is -0.364. The standard InChI is InChI=1S/C10H17NO2/c1-2-3-4-8-5-6-11-9(7-8)10(12)13/h5,9,11H,2-4,6-7H2,1H3,(H,12,13). The van der Waals surface area contributed by atoms with Crippen molar-refractivity contribution < 1.29 is 9.90 Å². The second kappa shape index (κ2) is 5.02. The summed E-state index contributed by atoms with van der Waals surface area (Å²) in [5, 5.41) is 11.7. The van der Waals surface area contributed by atoms with Gasteiger partial charge in [0, 0.05) is 6.54 Å². The van der Waals surface area contributed by atoms with E-state index in [1.807, 2.05) is 0 Å². The van der Waals surface area contributed by atoms with Crippen molar-refractivity contribution >= 4 is 5.97 Å². The van der Waals surface area contributed by atoms with Gasteiger partial charge in [-0.1, -0.05) is 25.0 Å². The second-order valence-electron chi connectivity index (χ2n) is 3.47. The van der Waals surface area contributed by atoms with Crippen molar-refractivity contribution in [2.24, 2.45) is 0 Å². The summed E-state index contributed by atoms with van der Waals surface area (Å²) in [7, 11) is 0. The number of hydrogen-bond acceptors (Lipinski definition) is 2. The number of carboxylic acids is 1. The van der Waals surface area contributed by atoms with E-state index >= 15 is 0 Å². The van der Waals surface area contributed by atoms with Crippen LogP contribution in [0.15, 0.2) is 11.6 Å². The largest absolute Gasteiger partial charge is 0.480 e. The summed E-state index contributed by atoms with van der Waals surface area (Å²) in [6.07, 6.45) is 6.19. The fraction of sp³-hybridized carbons (Fsp3) is 0.700. The van der Waals surface area contributed by atoms with Gasteiger partial charge in [-0.15, -0.1) is 0 Å². The molecule has 0 aromatic carbocycles. The summed E-state index contributed by atoms with van der Waals surface area (Å²) in [6.45, 7) is 2.85. The average Bonchev–Trinajstić information content (AvgIpc) is 2.15. The van der Waals surface area contributed by atoms with Gasteiger partial charge >= 0.3 is 5.97 Å². The minimum absolute atomic E-state index is 0.364. The molecule has 3 nitrogen and oxygen atoms in total. The Morgan fingerprint density at radius 1 is 1.77 bits per heavy atom. The van der Waals surface area contributed by atoms with Crippen LogP contribution in [0, 0.1) is 0 Å². The highest BCUT2D eigenvalue weighted by molar-refractivity contribution is 5.74. The Hall–Kier alpha value is -0.830. The van der Waals surface area contributed by atoms with E-state index in [0.29, 0.717) is 13.0 Å². The Labute approximate surface area is 78.8 Å². The van der Waals surface area contributed by atoms with Gasteiger partial charge < -0.3 is 10.4 Å². The molecule has 2 N–H and O–H groups in total. The van der Waals surface area contributed by atoms with Crippen LogP contribution in [0.4, 0.5) is 0 Å². The maximum atomic E-state index is 10.7. The van der Waals surface area contributed by atoms with Crippen LogP contribution in [0.3, 0.4) is 0 Å². The lowest BCUT2D eigenvalue weighted by molar-refractivity contribution is -0.139. The molecule has 0 aliphatic carbocycles. The van der Waals surface area contributed by atoms with Gasteiger partial charge in [-0.3, -0.25) is 4.79 Å². The monoisotopic (exact) mass is 183 g/mol. The molecule has 1 rings (SSSR count). The van der Waals surface area contributed by atoms with Gasteiger partial charge in [-0.25, -0.2) is 0 Å². The van der Waals surface area contributed by atoms with E-state index in [2.05, 4.69) is 18.3 Å². The van der Waals surface area contributed by atoms with Crippen molar-refractivity contribution in [2.75, 3.05) is 6.54 Å². The molecule has 13 heavy (non-hydrogen) atoms. The van der Waals surface area contributed by atoms with Gasteiger partial charge in [0.1, 0.15) is 6.04 Å². The van der Waals surface area contributed by atoms with E-state index < -0.39 is 5.97 Å². The molecule has 1 unspecified atom stereocenters. The third kappa shape index (κ3) is 3.19. The first-order chi connectivity index (χ1) is 6.24. The van der Waals surface area contributed by atoms with Crippen molar-refractivity contribution in [1.29, 1.82) is 0 Å². The van der Waals surface area contributed by atoms with Crippen LogP contribution in [0.25, 0.3) is 0 Å². The fourth-order valence-electron chi connectivity index (χ4n) is 1.55. The highest BCUT2D eigenvalue weighted by Gasteiger charge is 2.20. The molecule has 1 aliphatic rings. The molecule has 0 amide bonds. The molecule has 0 aromatic rings. The molecule has 1 heterocycles. The molecule has 1 aliphatic heterocycles. The SMILES string of the molecule is CCCCC1=CCNC(C(=O)O)C1. The van der Waals surface area contributed by atoms with E-state index in [9.17, 15) is 4.79 Å². The van der Waals surface area contributed by atoms with Crippen molar-refractivity contribution in [3.8, 4) is 0 Å². The third-order valence-corrected chi connectivity index (χ3v) is 2.37. The van der Waals surface area contributed by atoms with Crippen LogP contribution in [0.5, 0.6) is 0 Å². The molecule has 0 saturated carbocycles. The molecule has 74 valence electrons. The van der Waals surface area contributed by atoms with Gasteiger partial charge in [0.2, 0.25) is 0 Å². The number of rotatable bonds is 4. The fourth-order valence-corrected chi connectivity index (χ4v) is 1.55. The van der Waals surface area contributed by atoms with Crippen LogP contribution in [0.2, 0.25) is 0 Å².